The predicted octanol–water partition coefficient (Wildman–Crippen LogP) is -0.0395. The molecule has 1 N–H and O–H groups in total. The van der Waals surface area contributed by atoms with Gasteiger partial charge in [0.2, 0.25) is 5.91 Å². The van der Waals surface area contributed by atoms with Crippen LogP contribution in [-0.4, -0.2) is 99.1 Å². The number of methoxy groups -OCH3 is 2. The van der Waals surface area contributed by atoms with Crippen molar-refractivity contribution < 1.29 is 23.9 Å². The molecule has 3 aromatic heterocycles. The van der Waals surface area contributed by atoms with Crippen LogP contribution < -0.4 is 4.74 Å². The number of piperazine rings is 1. The van der Waals surface area contributed by atoms with Crippen molar-refractivity contribution in [3.8, 4) is 11.6 Å². The van der Waals surface area contributed by atoms with Gasteiger partial charge in [0.25, 0.3) is 11.7 Å². The smallest absolute Gasteiger partial charge is 0.295 e. The van der Waals surface area contributed by atoms with E-state index >= 15 is 0 Å². The topological polar surface area (TPSA) is 136 Å². The molecule has 3 aromatic rings. The molecule has 0 spiro atoms. The summed E-state index contributed by atoms with van der Waals surface area (Å²) in [5.74, 6) is -0.0985. The van der Waals surface area contributed by atoms with Gasteiger partial charge in [-0.1, -0.05) is 0 Å². The lowest BCUT2D eigenvalue weighted by Gasteiger charge is -2.34. The summed E-state index contributed by atoms with van der Waals surface area (Å²) in [6.45, 7) is 2.97. The second-order valence-electron chi connectivity index (χ2n) is 7.27. The van der Waals surface area contributed by atoms with Crippen molar-refractivity contribution in [2.45, 2.75) is 6.92 Å². The van der Waals surface area contributed by atoms with Crippen LogP contribution in [0, 0.1) is 6.92 Å². The molecule has 4 heterocycles. The molecule has 0 saturated carbocycles. The number of fused-ring (bicyclic) bond motifs is 1. The lowest BCUT2D eigenvalue weighted by atomic mass is 10.1. The van der Waals surface area contributed by atoms with E-state index in [-0.39, 0.29) is 31.2 Å². The van der Waals surface area contributed by atoms with E-state index in [4.69, 9.17) is 9.47 Å². The first-order chi connectivity index (χ1) is 15.4. The first-order valence-electron chi connectivity index (χ1n) is 9.97. The number of hydrogen-bond donors (Lipinski definition) is 1. The van der Waals surface area contributed by atoms with Crippen LogP contribution in [-0.2, 0) is 14.3 Å². The van der Waals surface area contributed by atoms with Crippen LogP contribution in [0.5, 0.6) is 5.75 Å². The summed E-state index contributed by atoms with van der Waals surface area (Å²) in [7, 11) is 2.92. The SMILES string of the molecule is COCC(=O)N1CCN(C(=O)C(=O)c2c[nH]c3c(-n4cnc(C)n4)ncc(OC)c23)CC1. The Morgan fingerprint density at radius 2 is 1.81 bits per heavy atom. The Hall–Kier alpha value is -3.80. The van der Waals surface area contributed by atoms with Crippen LogP contribution >= 0.6 is 0 Å². The van der Waals surface area contributed by atoms with Gasteiger partial charge in [-0.15, -0.1) is 0 Å². The number of ether oxygens (including phenoxy) is 2. The second-order valence-corrected chi connectivity index (χ2v) is 7.27. The highest BCUT2D eigenvalue weighted by molar-refractivity contribution is 6.45. The highest BCUT2D eigenvalue weighted by Crippen LogP contribution is 2.31. The summed E-state index contributed by atoms with van der Waals surface area (Å²) >= 11 is 0. The molecular formula is C20H23N7O5. The monoisotopic (exact) mass is 441 g/mol. The number of pyridine rings is 1. The van der Waals surface area contributed by atoms with Crippen LogP contribution in [0.25, 0.3) is 16.7 Å². The van der Waals surface area contributed by atoms with Gasteiger partial charge >= 0.3 is 0 Å². The summed E-state index contributed by atoms with van der Waals surface area (Å²) in [6.07, 6.45) is 4.46. The van der Waals surface area contributed by atoms with Crippen LogP contribution in [0.15, 0.2) is 18.7 Å². The maximum Gasteiger partial charge on any atom is 0.295 e. The minimum absolute atomic E-state index is 0.0102. The molecule has 1 aliphatic rings. The molecule has 1 aliphatic heterocycles. The summed E-state index contributed by atoms with van der Waals surface area (Å²) in [5.41, 5.74) is 0.681. The van der Waals surface area contributed by atoms with Crippen molar-refractivity contribution in [1.82, 2.24) is 34.5 Å². The van der Waals surface area contributed by atoms with E-state index in [1.807, 2.05) is 0 Å². The quantitative estimate of drug-likeness (QED) is 0.416. The Balaban J connectivity index is 1.60. The van der Waals surface area contributed by atoms with Crippen molar-refractivity contribution in [3.05, 3.63) is 30.1 Å². The molecule has 1 saturated heterocycles. The van der Waals surface area contributed by atoms with E-state index in [1.165, 1.54) is 42.5 Å². The molecule has 4 rings (SSSR count). The minimum atomic E-state index is -0.668. The van der Waals surface area contributed by atoms with Crippen molar-refractivity contribution in [2.24, 2.45) is 0 Å². The number of aryl methyl sites for hydroxylation is 1. The standard InChI is InChI=1S/C20H23N7O5/c1-12-23-11-27(24-12)19-17-16(14(32-3)9-22-19)13(8-21-17)18(29)20(30)26-6-4-25(5-7-26)15(28)10-31-2/h8-9,11,21H,4-7,10H2,1-3H3. The third kappa shape index (κ3) is 3.80. The first-order valence-corrected chi connectivity index (χ1v) is 9.97. The van der Waals surface area contributed by atoms with Gasteiger partial charge < -0.3 is 24.3 Å². The van der Waals surface area contributed by atoms with Crippen molar-refractivity contribution in [3.63, 3.8) is 0 Å². The van der Waals surface area contributed by atoms with Crippen molar-refractivity contribution in [1.29, 1.82) is 0 Å². The van der Waals surface area contributed by atoms with Gasteiger partial charge in [-0.25, -0.2) is 14.6 Å². The molecular weight excluding hydrogens is 418 g/mol. The van der Waals surface area contributed by atoms with E-state index in [0.29, 0.717) is 41.4 Å². The lowest BCUT2D eigenvalue weighted by molar-refractivity contribution is -0.140. The van der Waals surface area contributed by atoms with E-state index in [9.17, 15) is 14.4 Å². The number of Topliss-reactive ketones (excluding diaryl/α,β-unsaturated/α-hetero) is 1. The van der Waals surface area contributed by atoms with Gasteiger partial charge in [0.1, 0.15) is 24.5 Å². The largest absolute Gasteiger partial charge is 0.494 e. The zero-order valence-corrected chi connectivity index (χ0v) is 18.0. The Bertz CT molecular complexity index is 1180. The number of rotatable bonds is 6. The number of aromatic amines is 1. The van der Waals surface area contributed by atoms with Crippen LogP contribution in [0.2, 0.25) is 0 Å². The van der Waals surface area contributed by atoms with E-state index < -0.39 is 11.7 Å². The molecule has 0 unspecified atom stereocenters. The Morgan fingerprint density at radius 1 is 1.09 bits per heavy atom. The van der Waals surface area contributed by atoms with Crippen molar-refractivity contribution >= 4 is 28.5 Å². The van der Waals surface area contributed by atoms with E-state index in [1.54, 1.807) is 11.8 Å². The van der Waals surface area contributed by atoms with Gasteiger partial charge in [-0.05, 0) is 6.92 Å². The highest BCUT2D eigenvalue weighted by Gasteiger charge is 2.31. The summed E-state index contributed by atoms with van der Waals surface area (Å²) < 4.78 is 11.8. The Morgan fingerprint density at radius 3 is 2.44 bits per heavy atom. The molecule has 1 fully saturated rings. The van der Waals surface area contributed by atoms with E-state index in [0.717, 1.165) is 0 Å². The predicted molar refractivity (Wildman–Crippen MR) is 112 cm³/mol. The normalized spacial score (nSPS) is 14.1. The number of carbonyl (C=O) groups excluding carboxylic acids is 3. The summed E-state index contributed by atoms with van der Waals surface area (Å²) in [4.78, 5) is 52.6. The third-order valence-electron chi connectivity index (χ3n) is 5.32. The third-order valence-corrected chi connectivity index (χ3v) is 5.32. The molecule has 0 aromatic carbocycles. The van der Waals surface area contributed by atoms with Crippen LogP contribution in [0.3, 0.4) is 0 Å². The zero-order chi connectivity index (χ0) is 22.8. The molecule has 12 heteroatoms. The minimum Gasteiger partial charge on any atom is -0.494 e. The van der Waals surface area contributed by atoms with E-state index in [2.05, 4.69) is 20.1 Å². The van der Waals surface area contributed by atoms with Gasteiger partial charge in [0, 0.05) is 39.5 Å². The molecule has 168 valence electrons. The molecule has 0 bridgehead atoms. The maximum atomic E-state index is 13.1. The fourth-order valence-corrected chi connectivity index (χ4v) is 3.69. The number of aromatic nitrogens is 5. The fourth-order valence-electron chi connectivity index (χ4n) is 3.69. The number of hydrogen-bond acceptors (Lipinski definition) is 8. The molecule has 32 heavy (non-hydrogen) atoms. The fraction of sp³-hybridized carbons (Fsp3) is 0.400. The van der Waals surface area contributed by atoms with Gasteiger partial charge in [0.05, 0.1) is 29.8 Å². The van der Waals surface area contributed by atoms with Gasteiger partial charge in [0.15, 0.2) is 5.82 Å². The number of nitrogens with one attached hydrogen (secondary N) is 1. The molecule has 12 nitrogen and oxygen atoms in total. The molecule has 0 aliphatic carbocycles. The van der Waals surface area contributed by atoms with Gasteiger partial charge in [-0.3, -0.25) is 14.4 Å². The van der Waals surface area contributed by atoms with Crippen LogP contribution in [0.1, 0.15) is 16.2 Å². The average Bonchev–Trinajstić information content (AvgIpc) is 3.44. The summed E-state index contributed by atoms with van der Waals surface area (Å²) in [5, 5.41) is 4.71. The zero-order valence-electron chi connectivity index (χ0n) is 18.0. The maximum absolute atomic E-state index is 13.1. The number of H-pyrrole nitrogens is 1. The molecule has 0 radical (unpaired) electrons. The highest BCUT2D eigenvalue weighted by atomic mass is 16.5. The number of nitrogens with zero attached hydrogens (tertiary/aromatic N) is 6. The lowest BCUT2D eigenvalue weighted by Crippen LogP contribution is -2.52. The summed E-state index contributed by atoms with van der Waals surface area (Å²) in [6, 6.07) is 0. The number of ketones is 1. The Labute approximate surface area is 183 Å². The number of amides is 2. The Kier molecular flexibility index (Phi) is 5.86. The molecule has 0 atom stereocenters. The van der Waals surface area contributed by atoms with Crippen molar-refractivity contribution in [2.75, 3.05) is 47.0 Å². The second kappa shape index (κ2) is 8.75. The first kappa shape index (κ1) is 21.4. The van der Waals surface area contributed by atoms with Crippen LogP contribution in [0.4, 0.5) is 0 Å². The average molecular weight is 441 g/mol. The number of carbonyl (C=O) groups is 3. The van der Waals surface area contributed by atoms with Gasteiger partial charge in [-0.2, -0.15) is 5.10 Å². The molecule has 2 amide bonds.